The number of azide groups is 1. The van der Waals surface area contributed by atoms with Crippen molar-refractivity contribution in [1.82, 2.24) is 0 Å². The highest BCUT2D eigenvalue weighted by atomic mass is 16.5. The van der Waals surface area contributed by atoms with Crippen LogP contribution in [0.5, 0.6) is 5.75 Å². The maximum absolute atomic E-state index is 9.81. The summed E-state index contributed by atoms with van der Waals surface area (Å²) < 4.78 is 4.96. The standard InChI is InChI=1S/C10H14N4O3/c1-17-6-2-3-7(8(11)4-6)10(16)9(15)5-13-14-12/h2-4,9-10,15-16H,5,11H2,1H3. The number of benzene rings is 1. The number of aliphatic hydroxyl groups excluding tert-OH is 2. The molecule has 17 heavy (non-hydrogen) atoms. The van der Waals surface area contributed by atoms with Gasteiger partial charge in [0.05, 0.1) is 19.8 Å². The third-order valence-corrected chi connectivity index (χ3v) is 2.31. The molecule has 0 amide bonds. The van der Waals surface area contributed by atoms with Crippen LogP contribution in [0.3, 0.4) is 0 Å². The summed E-state index contributed by atoms with van der Waals surface area (Å²) in [5.41, 5.74) is 14.5. The molecule has 0 radical (unpaired) electrons. The fourth-order valence-corrected chi connectivity index (χ4v) is 1.38. The van der Waals surface area contributed by atoms with Crippen LogP contribution in [0.1, 0.15) is 11.7 Å². The summed E-state index contributed by atoms with van der Waals surface area (Å²) in [4.78, 5) is 2.50. The van der Waals surface area contributed by atoms with Crippen molar-refractivity contribution in [1.29, 1.82) is 0 Å². The van der Waals surface area contributed by atoms with Gasteiger partial charge in [-0.1, -0.05) is 11.2 Å². The molecule has 0 aromatic heterocycles. The second kappa shape index (κ2) is 5.95. The van der Waals surface area contributed by atoms with Crippen molar-refractivity contribution >= 4 is 5.69 Å². The highest BCUT2D eigenvalue weighted by molar-refractivity contribution is 5.52. The second-order valence-electron chi connectivity index (χ2n) is 3.42. The van der Waals surface area contributed by atoms with E-state index in [-0.39, 0.29) is 6.54 Å². The first-order valence-corrected chi connectivity index (χ1v) is 4.90. The third kappa shape index (κ3) is 3.25. The normalized spacial score (nSPS) is 13.6. The van der Waals surface area contributed by atoms with Crippen molar-refractivity contribution in [2.45, 2.75) is 12.2 Å². The number of hydrogen-bond donors (Lipinski definition) is 3. The Morgan fingerprint density at radius 2 is 2.24 bits per heavy atom. The van der Waals surface area contributed by atoms with Gasteiger partial charge in [0, 0.05) is 22.2 Å². The smallest absolute Gasteiger partial charge is 0.120 e. The fourth-order valence-electron chi connectivity index (χ4n) is 1.38. The van der Waals surface area contributed by atoms with E-state index in [2.05, 4.69) is 10.0 Å². The van der Waals surface area contributed by atoms with Gasteiger partial charge >= 0.3 is 0 Å². The highest BCUT2D eigenvalue weighted by Crippen LogP contribution is 2.27. The molecular formula is C10H14N4O3. The van der Waals surface area contributed by atoms with Gasteiger partial charge in [-0.3, -0.25) is 0 Å². The number of rotatable bonds is 5. The lowest BCUT2D eigenvalue weighted by molar-refractivity contribution is 0.0248. The molecule has 0 saturated carbocycles. The molecule has 0 bridgehead atoms. The Kier molecular flexibility index (Phi) is 4.59. The van der Waals surface area contributed by atoms with E-state index in [1.54, 1.807) is 18.2 Å². The average molecular weight is 238 g/mol. The number of methoxy groups -OCH3 is 1. The molecule has 0 heterocycles. The molecule has 1 aromatic carbocycles. The predicted octanol–water partition coefficient (Wildman–Crippen LogP) is 0.982. The minimum absolute atomic E-state index is 0.219. The van der Waals surface area contributed by atoms with Crippen molar-refractivity contribution in [3.05, 3.63) is 34.2 Å². The number of hydrogen-bond acceptors (Lipinski definition) is 5. The van der Waals surface area contributed by atoms with Crippen LogP contribution in [0.25, 0.3) is 10.4 Å². The SMILES string of the molecule is COc1ccc(C(O)C(O)CN=[N+]=[N-])c(N)c1. The minimum Gasteiger partial charge on any atom is -0.497 e. The monoisotopic (exact) mass is 238 g/mol. The van der Waals surface area contributed by atoms with E-state index in [0.29, 0.717) is 17.0 Å². The molecule has 2 atom stereocenters. The fraction of sp³-hybridized carbons (Fsp3) is 0.400. The molecule has 0 aliphatic heterocycles. The molecule has 92 valence electrons. The molecule has 0 spiro atoms. The maximum Gasteiger partial charge on any atom is 0.120 e. The summed E-state index contributed by atoms with van der Waals surface area (Å²) >= 11 is 0. The third-order valence-electron chi connectivity index (χ3n) is 2.31. The van der Waals surface area contributed by atoms with Crippen LogP contribution in [-0.2, 0) is 0 Å². The van der Waals surface area contributed by atoms with Crippen molar-refractivity contribution in [3.63, 3.8) is 0 Å². The Hall–Kier alpha value is -1.95. The first-order chi connectivity index (χ1) is 8.10. The number of anilines is 1. The Balaban J connectivity index is 2.88. The number of nitrogens with two attached hydrogens (primary N) is 1. The summed E-state index contributed by atoms with van der Waals surface area (Å²) in [7, 11) is 1.50. The second-order valence-corrected chi connectivity index (χ2v) is 3.42. The zero-order valence-electron chi connectivity index (χ0n) is 9.32. The van der Waals surface area contributed by atoms with E-state index < -0.39 is 12.2 Å². The Labute approximate surface area is 98.1 Å². The molecule has 0 aliphatic carbocycles. The van der Waals surface area contributed by atoms with Crippen LogP contribution >= 0.6 is 0 Å². The summed E-state index contributed by atoms with van der Waals surface area (Å²) in [6.07, 6.45) is -2.40. The predicted molar refractivity (Wildman–Crippen MR) is 62.4 cm³/mol. The molecule has 0 saturated heterocycles. The van der Waals surface area contributed by atoms with Gasteiger partial charge in [0.1, 0.15) is 11.9 Å². The summed E-state index contributed by atoms with van der Waals surface area (Å²) in [5.74, 6) is 0.558. The van der Waals surface area contributed by atoms with Gasteiger partial charge in [0.2, 0.25) is 0 Å². The van der Waals surface area contributed by atoms with E-state index in [1.165, 1.54) is 7.11 Å². The van der Waals surface area contributed by atoms with E-state index in [4.69, 9.17) is 16.0 Å². The van der Waals surface area contributed by atoms with Gasteiger partial charge in [0.25, 0.3) is 0 Å². The highest BCUT2D eigenvalue weighted by Gasteiger charge is 2.20. The van der Waals surface area contributed by atoms with Gasteiger partial charge in [-0.15, -0.1) is 0 Å². The van der Waals surface area contributed by atoms with Crippen molar-refractivity contribution < 1.29 is 14.9 Å². The number of nitrogen functional groups attached to an aromatic ring is 1. The Morgan fingerprint density at radius 1 is 1.53 bits per heavy atom. The molecule has 7 nitrogen and oxygen atoms in total. The van der Waals surface area contributed by atoms with E-state index in [9.17, 15) is 10.2 Å². The minimum atomic E-state index is -1.20. The van der Waals surface area contributed by atoms with Gasteiger partial charge in [-0.05, 0) is 11.6 Å². The van der Waals surface area contributed by atoms with Crippen LogP contribution in [0.15, 0.2) is 23.3 Å². The lowest BCUT2D eigenvalue weighted by Crippen LogP contribution is -2.22. The summed E-state index contributed by atoms with van der Waals surface area (Å²) in [5, 5.41) is 22.5. The zero-order valence-corrected chi connectivity index (χ0v) is 9.32. The molecule has 4 N–H and O–H groups in total. The van der Waals surface area contributed by atoms with E-state index in [0.717, 1.165) is 0 Å². The Bertz CT molecular complexity index is 432. The van der Waals surface area contributed by atoms with E-state index >= 15 is 0 Å². The van der Waals surface area contributed by atoms with Gasteiger partial charge in [0.15, 0.2) is 0 Å². The number of aliphatic hydroxyl groups is 2. The van der Waals surface area contributed by atoms with Crippen LogP contribution in [0.2, 0.25) is 0 Å². The molecule has 7 heteroatoms. The van der Waals surface area contributed by atoms with Crippen LogP contribution in [0, 0.1) is 0 Å². The summed E-state index contributed by atoms with van der Waals surface area (Å²) in [6, 6.07) is 4.71. The van der Waals surface area contributed by atoms with E-state index in [1.807, 2.05) is 0 Å². The zero-order chi connectivity index (χ0) is 12.8. The molecule has 2 unspecified atom stereocenters. The number of ether oxygens (including phenoxy) is 1. The maximum atomic E-state index is 9.81. The van der Waals surface area contributed by atoms with Crippen molar-refractivity contribution in [3.8, 4) is 5.75 Å². The average Bonchev–Trinajstić information content (AvgIpc) is 2.34. The van der Waals surface area contributed by atoms with Crippen LogP contribution in [0.4, 0.5) is 5.69 Å². The largest absolute Gasteiger partial charge is 0.497 e. The topological polar surface area (TPSA) is 124 Å². The van der Waals surface area contributed by atoms with Gasteiger partial charge < -0.3 is 20.7 Å². The molecule has 0 fully saturated rings. The van der Waals surface area contributed by atoms with Gasteiger partial charge in [-0.2, -0.15) is 0 Å². The molecule has 0 aliphatic rings. The first-order valence-electron chi connectivity index (χ1n) is 4.90. The molecule has 1 rings (SSSR count). The number of nitrogens with zero attached hydrogens (tertiary/aromatic N) is 3. The molecule has 1 aromatic rings. The lowest BCUT2D eigenvalue weighted by atomic mass is 10.0. The van der Waals surface area contributed by atoms with Gasteiger partial charge in [-0.25, -0.2) is 0 Å². The first kappa shape index (κ1) is 13.1. The summed E-state index contributed by atoms with van der Waals surface area (Å²) in [6.45, 7) is -0.219. The van der Waals surface area contributed by atoms with Crippen molar-refractivity contribution in [2.24, 2.45) is 5.11 Å². The lowest BCUT2D eigenvalue weighted by Gasteiger charge is -2.18. The van der Waals surface area contributed by atoms with Crippen molar-refractivity contribution in [2.75, 3.05) is 19.4 Å². The Morgan fingerprint density at radius 3 is 2.76 bits per heavy atom. The molecular weight excluding hydrogens is 224 g/mol. The quantitative estimate of drug-likeness (QED) is 0.306. The van der Waals surface area contributed by atoms with Crippen LogP contribution < -0.4 is 10.5 Å². The van der Waals surface area contributed by atoms with Crippen LogP contribution in [-0.4, -0.2) is 30.0 Å².